The molecular formula is C29H27N5O5S. The van der Waals surface area contributed by atoms with Crippen molar-refractivity contribution in [2.75, 3.05) is 11.8 Å². The highest BCUT2D eigenvalue weighted by Gasteiger charge is 2.21. The van der Waals surface area contributed by atoms with E-state index in [9.17, 15) is 13.2 Å². The highest BCUT2D eigenvalue weighted by Crippen LogP contribution is 2.26. The Labute approximate surface area is 231 Å². The van der Waals surface area contributed by atoms with Gasteiger partial charge in [-0.05, 0) is 69.3 Å². The maximum absolute atomic E-state index is 13.7. The zero-order valence-electron chi connectivity index (χ0n) is 22.3. The smallest absolute Gasteiger partial charge is 0.280 e. The number of sulfonamides is 1. The number of aromatic amines is 1. The number of hydrogen-bond donors (Lipinski definition) is 2. The van der Waals surface area contributed by atoms with Crippen LogP contribution in [0.5, 0.6) is 5.75 Å². The molecule has 0 saturated carbocycles. The van der Waals surface area contributed by atoms with E-state index >= 15 is 0 Å². The number of nitrogens with one attached hydrogen (secondary N) is 2. The van der Waals surface area contributed by atoms with Gasteiger partial charge in [-0.3, -0.25) is 14.9 Å². The fourth-order valence-corrected chi connectivity index (χ4v) is 5.19. The predicted octanol–water partition coefficient (Wildman–Crippen LogP) is 5.39. The molecule has 0 aliphatic rings. The van der Waals surface area contributed by atoms with Crippen LogP contribution in [-0.2, 0) is 10.0 Å². The monoisotopic (exact) mass is 557 g/mol. The molecule has 2 aromatic heterocycles. The second-order valence-electron chi connectivity index (χ2n) is 9.09. The van der Waals surface area contributed by atoms with Crippen molar-refractivity contribution in [2.45, 2.75) is 25.7 Å². The van der Waals surface area contributed by atoms with Gasteiger partial charge >= 0.3 is 0 Å². The number of methoxy groups -OCH3 is 1. The van der Waals surface area contributed by atoms with Crippen molar-refractivity contribution in [1.29, 1.82) is 0 Å². The lowest BCUT2D eigenvalue weighted by molar-refractivity contribution is 0.414. The minimum atomic E-state index is -3.90. The number of rotatable bonds is 8. The average molecular weight is 558 g/mol. The molecule has 0 aliphatic carbocycles. The summed E-state index contributed by atoms with van der Waals surface area (Å²) in [6.45, 7) is 5.19. The van der Waals surface area contributed by atoms with Gasteiger partial charge in [0.1, 0.15) is 5.75 Å². The summed E-state index contributed by atoms with van der Waals surface area (Å²) in [7, 11) is -2.32. The van der Waals surface area contributed by atoms with Gasteiger partial charge in [0.15, 0.2) is 0 Å². The van der Waals surface area contributed by atoms with Crippen LogP contribution in [0.25, 0.3) is 16.9 Å². The minimum absolute atomic E-state index is 0.0334. The third-order valence-corrected chi connectivity index (χ3v) is 7.82. The van der Waals surface area contributed by atoms with E-state index in [-0.39, 0.29) is 16.3 Å². The van der Waals surface area contributed by atoms with Gasteiger partial charge in [-0.15, -0.1) is 0 Å². The summed E-state index contributed by atoms with van der Waals surface area (Å²) in [5, 5.41) is 7.01. The Bertz CT molecular complexity index is 1850. The molecule has 0 spiro atoms. The normalized spacial score (nSPS) is 11.9. The molecule has 0 amide bonds. The van der Waals surface area contributed by atoms with E-state index in [2.05, 4.69) is 20.0 Å². The molecule has 0 fully saturated rings. The van der Waals surface area contributed by atoms with Crippen molar-refractivity contribution in [2.24, 2.45) is 4.99 Å². The summed E-state index contributed by atoms with van der Waals surface area (Å²) in [5.41, 5.74) is 4.37. The Morgan fingerprint density at radius 3 is 2.27 bits per heavy atom. The van der Waals surface area contributed by atoms with Crippen LogP contribution in [0.4, 0.5) is 11.6 Å². The lowest BCUT2D eigenvalue weighted by Gasteiger charge is -2.06. The molecule has 5 rings (SSSR count). The number of benzene rings is 3. The van der Waals surface area contributed by atoms with Gasteiger partial charge in [0.25, 0.3) is 15.6 Å². The van der Waals surface area contributed by atoms with E-state index < -0.39 is 10.0 Å². The van der Waals surface area contributed by atoms with Crippen LogP contribution in [0.1, 0.15) is 23.7 Å². The molecule has 2 heterocycles. The largest absolute Gasteiger partial charge is 0.497 e. The Hall–Kier alpha value is -4.90. The van der Waals surface area contributed by atoms with Crippen LogP contribution in [0.3, 0.4) is 0 Å². The van der Waals surface area contributed by atoms with Gasteiger partial charge in [-0.2, -0.15) is 0 Å². The Kier molecular flexibility index (Phi) is 7.14. The molecule has 204 valence electrons. The average Bonchev–Trinajstić information content (AvgIpc) is 3.47. The number of H-pyrrole nitrogens is 1. The molecule has 0 atom stereocenters. The van der Waals surface area contributed by atoms with E-state index in [1.54, 1.807) is 64.3 Å². The molecule has 0 unspecified atom stereocenters. The van der Waals surface area contributed by atoms with E-state index in [1.165, 1.54) is 16.8 Å². The highest BCUT2D eigenvalue weighted by molar-refractivity contribution is 7.92. The van der Waals surface area contributed by atoms with Crippen molar-refractivity contribution in [3.8, 4) is 22.7 Å². The third kappa shape index (κ3) is 5.19. The number of aryl methyl sites for hydroxylation is 1. The molecule has 0 bridgehead atoms. The second-order valence-corrected chi connectivity index (χ2v) is 10.8. The lowest BCUT2D eigenvalue weighted by atomic mass is 10.1. The van der Waals surface area contributed by atoms with Gasteiger partial charge in [0, 0.05) is 11.1 Å². The van der Waals surface area contributed by atoms with Crippen LogP contribution >= 0.6 is 0 Å². The number of hydrogen-bond acceptors (Lipinski definition) is 7. The number of aliphatic imine (C=N–C) groups is 1. The number of anilines is 1. The second kappa shape index (κ2) is 10.7. The number of nitrogens with zero attached hydrogens (tertiary/aromatic N) is 3. The van der Waals surface area contributed by atoms with E-state index in [0.29, 0.717) is 45.4 Å². The Morgan fingerprint density at radius 1 is 1.00 bits per heavy atom. The van der Waals surface area contributed by atoms with E-state index in [4.69, 9.17) is 9.26 Å². The summed E-state index contributed by atoms with van der Waals surface area (Å²) in [6, 6.07) is 22.7. The van der Waals surface area contributed by atoms with Gasteiger partial charge in [0.2, 0.25) is 5.88 Å². The van der Waals surface area contributed by atoms with Crippen molar-refractivity contribution in [3.05, 3.63) is 106 Å². The summed E-state index contributed by atoms with van der Waals surface area (Å²) < 4.78 is 39.9. The first-order chi connectivity index (χ1) is 19.2. The van der Waals surface area contributed by atoms with Crippen molar-refractivity contribution in [1.82, 2.24) is 14.9 Å². The zero-order valence-corrected chi connectivity index (χ0v) is 23.1. The summed E-state index contributed by atoms with van der Waals surface area (Å²) >= 11 is 0. The summed E-state index contributed by atoms with van der Waals surface area (Å²) in [6.07, 6.45) is 0. The first kappa shape index (κ1) is 26.7. The first-order valence-electron chi connectivity index (χ1n) is 12.3. The van der Waals surface area contributed by atoms with Crippen LogP contribution in [0.2, 0.25) is 0 Å². The Morgan fingerprint density at radius 2 is 1.68 bits per heavy atom. The van der Waals surface area contributed by atoms with Crippen molar-refractivity contribution < 1.29 is 17.7 Å². The standard InChI is InChI=1S/C29H27N5O5S/c1-18-19(2)32-39-28(18)33-40(36,37)25-16-10-22(11-17-25)30-20(3)26-27(21-8-6-5-7-9-21)31-34(29(26)35)23-12-14-24(38-4)15-13-23/h5-17,31,33H,1-4H3. The lowest BCUT2D eigenvalue weighted by Crippen LogP contribution is -2.19. The maximum Gasteiger partial charge on any atom is 0.280 e. The fraction of sp³-hybridized carbons (Fsp3) is 0.138. The number of aromatic nitrogens is 3. The third-order valence-electron chi connectivity index (χ3n) is 6.47. The molecule has 5 aromatic rings. The molecule has 0 saturated heterocycles. The van der Waals surface area contributed by atoms with E-state index in [0.717, 1.165) is 5.56 Å². The van der Waals surface area contributed by atoms with Crippen molar-refractivity contribution >= 4 is 27.3 Å². The molecule has 10 nitrogen and oxygen atoms in total. The predicted molar refractivity (Wildman–Crippen MR) is 153 cm³/mol. The van der Waals surface area contributed by atoms with Crippen molar-refractivity contribution in [3.63, 3.8) is 0 Å². The van der Waals surface area contributed by atoms with Gasteiger partial charge < -0.3 is 9.26 Å². The fourth-order valence-electron chi connectivity index (χ4n) is 4.14. The van der Waals surface area contributed by atoms with Crippen LogP contribution in [0.15, 0.2) is 98.1 Å². The molecule has 11 heteroatoms. The molecule has 0 aliphatic heterocycles. The molecule has 40 heavy (non-hydrogen) atoms. The maximum atomic E-state index is 13.7. The van der Waals surface area contributed by atoms with E-state index in [1.807, 2.05) is 30.3 Å². The summed E-state index contributed by atoms with van der Waals surface area (Å²) in [4.78, 5) is 18.3. The van der Waals surface area contributed by atoms with Crippen LogP contribution in [-0.4, -0.2) is 36.2 Å². The molecule has 0 radical (unpaired) electrons. The minimum Gasteiger partial charge on any atom is -0.497 e. The van der Waals surface area contributed by atoms with Crippen LogP contribution < -0.4 is 15.0 Å². The summed E-state index contributed by atoms with van der Waals surface area (Å²) in [5.74, 6) is 0.751. The SMILES string of the molecule is COc1ccc(-n2[nH]c(-c3ccccc3)c(C(C)=Nc3ccc(S(=O)(=O)Nc4onc(C)c4C)cc3)c2=O)cc1. The highest BCUT2D eigenvalue weighted by atomic mass is 32.2. The van der Waals surface area contributed by atoms with Gasteiger partial charge in [0.05, 0.1) is 46.0 Å². The number of ether oxygens (including phenoxy) is 1. The molecule has 2 N–H and O–H groups in total. The Balaban J connectivity index is 1.50. The first-order valence-corrected chi connectivity index (χ1v) is 13.8. The molecule has 3 aromatic carbocycles. The zero-order chi connectivity index (χ0) is 28.4. The topological polar surface area (TPSA) is 132 Å². The van der Waals surface area contributed by atoms with Gasteiger partial charge in [-0.25, -0.2) is 17.8 Å². The van der Waals surface area contributed by atoms with Gasteiger partial charge in [-0.1, -0.05) is 35.5 Å². The molecular weight excluding hydrogens is 530 g/mol. The van der Waals surface area contributed by atoms with Crippen LogP contribution in [0, 0.1) is 13.8 Å². The quantitative estimate of drug-likeness (QED) is 0.246.